The highest BCUT2D eigenvalue weighted by Crippen LogP contribution is 2.45. The van der Waals surface area contributed by atoms with Crippen LogP contribution in [0.4, 0.5) is 10.5 Å². The van der Waals surface area contributed by atoms with Gasteiger partial charge in [0.15, 0.2) is 17.0 Å². The van der Waals surface area contributed by atoms with Crippen LogP contribution in [0.3, 0.4) is 0 Å². The number of urea groups is 1. The van der Waals surface area contributed by atoms with Crippen LogP contribution in [0.1, 0.15) is 34.1 Å². The third-order valence-electron chi connectivity index (χ3n) is 7.73. The van der Waals surface area contributed by atoms with Crippen molar-refractivity contribution in [1.82, 2.24) is 15.2 Å². The number of amides is 4. The molecule has 2 aliphatic rings. The molecule has 6 rings (SSSR count). The molecule has 4 amide bonds. The van der Waals surface area contributed by atoms with Crippen LogP contribution in [-0.4, -0.2) is 48.5 Å². The predicted octanol–water partition coefficient (Wildman–Crippen LogP) is 4.36. The number of H-pyrrole nitrogens is 1. The van der Waals surface area contributed by atoms with E-state index in [0.717, 1.165) is 27.7 Å². The maximum Gasteiger partial charge on any atom is 0.332 e. The number of para-hydroxylation sites is 1. The number of rotatable bonds is 6. The second-order valence-electron chi connectivity index (χ2n) is 9.84. The summed E-state index contributed by atoms with van der Waals surface area (Å²) in [5, 5.41) is 3.96. The molecule has 9 heteroatoms. The maximum absolute atomic E-state index is 13.9. The van der Waals surface area contributed by atoms with E-state index >= 15 is 0 Å². The van der Waals surface area contributed by atoms with Crippen LogP contribution in [0.15, 0.2) is 66.7 Å². The second kappa shape index (κ2) is 9.20. The van der Waals surface area contributed by atoms with Crippen molar-refractivity contribution in [2.45, 2.75) is 25.4 Å². The molecule has 198 valence electrons. The number of aromatic nitrogens is 1. The van der Waals surface area contributed by atoms with E-state index in [1.165, 1.54) is 4.90 Å². The summed E-state index contributed by atoms with van der Waals surface area (Å²) in [5.41, 5.74) is 3.13. The number of hydrogen-bond donors (Lipinski definition) is 2. The summed E-state index contributed by atoms with van der Waals surface area (Å²) in [5.74, 6) is 0.501. The zero-order valence-corrected chi connectivity index (χ0v) is 21.9. The first-order chi connectivity index (χ1) is 18.9. The van der Waals surface area contributed by atoms with Gasteiger partial charge in [0.2, 0.25) is 0 Å². The molecule has 1 atom stereocenters. The zero-order chi connectivity index (χ0) is 27.3. The molecule has 9 nitrogen and oxygen atoms in total. The minimum Gasteiger partial charge on any atom is -0.493 e. The number of nitrogens with one attached hydrogen (secondary N) is 2. The van der Waals surface area contributed by atoms with Crippen molar-refractivity contribution in [2.75, 3.05) is 25.7 Å². The van der Waals surface area contributed by atoms with Crippen molar-refractivity contribution in [1.29, 1.82) is 0 Å². The summed E-state index contributed by atoms with van der Waals surface area (Å²) in [4.78, 5) is 46.8. The van der Waals surface area contributed by atoms with Gasteiger partial charge in [0, 0.05) is 29.6 Å². The predicted molar refractivity (Wildman–Crippen MR) is 146 cm³/mol. The molecule has 4 aromatic rings. The lowest BCUT2D eigenvalue weighted by Gasteiger charge is -2.35. The maximum atomic E-state index is 13.9. The molecule has 2 N–H and O–H groups in total. The van der Waals surface area contributed by atoms with Gasteiger partial charge in [-0.1, -0.05) is 30.3 Å². The minimum absolute atomic E-state index is 0.264. The third-order valence-corrected chi connectivity index (χ3v) is 7.73. The van der Waals surface area contributed by atoms with E-state index in [9.17, 15) is 14.4 Å². The molecule has 0 bridgehead atoms. The molecule has 0 aliphatic carbocycles. The fourth-order valence-corrected chi connectivity index (χ4v) is 5.68. The number of imide groups is 1. The van der Waals surface area contributed by atoms with Gasteiger partial charge in [0.05, 0.1) is 25.6 Å². The minimum atomic E-state index is -1.16. The number of nitrogens with zero attached hydrogens (tertiary/aromatic N) is 2. The number of carbonyl (C=O) groups is 3. The van der Waals surface area contributed by atoms with E-state index in [2.05, 4.69) is 10.3 Å². The Hall–Kier alpha value is -4.79. The smallest absolute Gasteiger partial charge is 0.332 e. The van der Waals surface area contributed by atoms with Crippen LogP contribution in [0, 0.1) is 0 Å². The quantitative estimate of drug-likeness (QED) is 0.365. The average Bonchev–Trinajstić information content (AvgIpc) is 3.44. The number of carbonyl (C=O) groups excluding carboxylic acids is 3. The van der Waals surface area contributed by atoms with E-state index in [1.807, 2.05) is 30.3 Å². The van der Waals surface area contributed by atoms with Gasteiger partial charge in [0.1, 0.15) is 0 Å². The molecule has 0 spiro atoms. The normalized spacial score (nSPS) is 18.2. The number of methoxy groups -OCH3 is 2. The molecule has 39 heavy (non-hydrogen) atoms. The van der Waals surface area contributed by atoms with Crippen molar-refractivity contribution in [2.24, 2.45) is 0 Å². The number of hydrogen-bond acceptors (Lipinski definition) is 5. The lowest BCUT2D eigenvalue weighted by atomic mass is 9.87. The monoisotopic (exact) mass is 524 g/mol. The first kappa shape index (κ1) is 24.5. The Morgan fingerprint density at radius 1 is 1.00 bits per heavy atom. The van der Waals surface area contributed by atoms with Gasteiger partial charge in [-0.05, 0) is 60.9 Å². The van der Waals surface area contributed by atoms with Gasteiger partial charge >= 0.3 is 6.03 Å². The number of benzene rings is 3. The van der Waals surface area contributed by atoms with Crippen molar-refractivity contribution in [3.05, 3.63) is 89.1 Å². The highest BCUT2D eigenvalue weighted by atomic mass is 16.5. The molecule has 1 fully saturated rings. The van der Waals surface area contributed by atoms with Gasteiger partial charge in [-0.2, -0.15) is 0 Å². The summed E-state index contributed by atoms with van der Waals surface area (Å²) in [6.45, 7) is 2.48. The first-order valence-corrected chi connectivity index (χ1v) is 12.7. The van der Waals surface area contributed by atoms with E-state index in [1.54, 1.807) is 62.4 Å². The lowest BCUT2D eigenvalue weighted by molar-refractivity contribution is -0.125. The second-order valence-corrected chi connectivity index (χ2v) is 9.84. The molecule has 1 unspecified atom stereocenters. The van der Waals surface area contributed by atoms with Crippen LogP contribution >= 0.6 is 0 Å². The Morgan fingerprint density at radius 2 is 1.79 bits per heavy atom. The van der Waals surface area contributed by atoms with E-state index in [4.69, 9.17) is 9.47 Å². The highest BCUT2D eigenvalue weighted by Gasteiger charge is 2.59. The first-order valence-electron chi connectivity index (χ1n) is 12.7. The van der Waals surface area contributed by atoms with Gasteiger partial charge < -0.3 is 24.7 Å². The van der Waals surface area contributed by atoms with Crippen molar-refractivity contribution < 1.29 is 23.9 Å². The Morgan fingerprint density at radius 3 is 2.59 bits per heavy atom. The fraction of sp³-hybridized carbons (Fsp3) is 0.233. The number of ether oxygens (including phenoxy) is 2. The van der Waals surface area contributed by atoms with Crippen LogP contribution in [-0.2, 0) is 23.3 Å². The van der Waals surface area contributed by atoms with Crippen molar-refractivity contribution in [3.8, 4) is 11.5 Å². The molecule has 0 radical (unpaired) electrons. The summed E-state index contributed by atoms with van der Waals surface area (Å²) in [6.07, 6.45) is 0.653. The Bertz CT molecular complexity index is 1640. The van der Waals surface area contributed by atoms with Gasteiger partial charge in [-0.15, -0.1) is 0 Å². The molecule has 3 aromatic carbocycles. The third kappa shape index (κ3) is 3.72. The van der Waals surface area contributed by atoms with Gasteiger partial charge in [0.25, 0.3) is 11.8 Å². The Balaban J connectivity index is 1.26. The molecule has 3 heterocycles. The van der Waals surface area contributed by atoms with E-state index in [0.29, 0.717) is 35.7 Å². The SMILES string of the molecule is COc1ccc(CNC(=O)c2cccc(N3C(=O)N4CCc5c([nH]c6ccccc56)C4(C)C3=O)c2)cc1OC. The number of fused-ring (bicyclic) bond motifs is 5. The molecule has 2 aliphatic heterocycles. The van der Waals surface area contributed by atoms with Crippen LogP contribution < -0.4 is 19.7 Å². The highest BCUT2D eigenvalue weighted by molar-refractivity contribution is 6.24. The number of aromatic amines is 1. The summed E-state index contributed by atoms with van der Waals surface area (Å²) < 4.78 is 10.6. The summed E-state index contributed by atoms with van der Waals surface area (Å²) >= 11 is 0. The zero-order valence-electron chi connectivity index (χ0n) is 21.9. The topological polar surface area (TPSA) is 104 Å². The van der Waals surface area contributed by atoms with E-state index < -0.39 is 11.6 Å². The molecular weight excluding hydrogens is 496 g/mol. The van der Waals surface area contributed by atoms with Gasteiger partial charge in [-0.25, -0.2) is 9.69 Å². The largest absolute Gasteiger partial charge is 0.493 e. The van der Waals surface area contributed by atoms with Gasteiger partial charge in [-0.3, -0.25) is 9.59 Å². The van der Waals surface area contributed by atoms with Crippen molar-refractivity contribution >= 4 is 34.4 Å². The number of anilines is 1. The average molecular weight is 525 g/mol. The van der Waals surface area contributed by atoms with Crippen LogP contribution in [0.5, 0.6) is 11.5 Å². The molecule has 1 aromatic heterocycles. The van der Waals surface area contributed by atoms with Crippen molar-refractivity contribution in [3.63, 3.8) is 0 Å². The van der Waals surface area contributed by atoms with Crippen LogP contribution in [0.2, 0.25) is 0 Å². The summed E-state index contributed by atoms with van der Waals surface area (Å²) in [7, 11) is 3.12. The molecule has 0 saturated carbocycles. The van der Waals surface area contributed by atoms with E-state index in [-0.39, 0.29) is 18.4 Å². The van der Waals surface area contributed by atoms with Crippen LogP contribution in [0.25, 0.3) is 10.9 Å². The summed E-state index contributed by atoms with van der Waals surface area (Å²) in [6, 6.07) is 19.5. The lowest BCUT2D eigenvalue weighted by Crippen LogP contribution is -2.49. The Kier molecular flexibility index (Phi) is 5.79. The Labute approximate surface area is 225 Å². The fourth-order valence-electron chi connectivity index (χ4n) is 5.68. The standard InChI is InChI=1S/C30H28N4O5/c1-30-26-22(21-9-4-5-10-23(21)32-26)13-14-33(30)29(37)34(28(30)36)20-8-6-7-19(16-20)27(35)31-17-18-11-12-24(38-2)25(15-18)39-3/h4-12,15-16,32H,13-14,17H2,1-3H3,(H,31,35). The molecular formula is C30H28N4O5. The molecule has 1 saturated heterocycles.